The van der Waals surface area contributed by atoms with Crippen molar-refractivity contribution in [2.75, 3.05) is 23.5 Å². The number of anilines is 2. The lowest BCUT2D eigenvalue weighted by Gasteiger charge is -2.34. The highest BCUT2D eigenvalue weighted by Gasteiger charge is 2.43. The van der Waals surface area contributed by atoms with E-state index in [2.05, 4.69) is 6.58 Å². The smallest absolute Gasteiger partial charge is 0.343 e. The number of amides is 4. The van der Waals surface area contributed by atoms with Gasteiger partial charge in [-0.15, -0.1) is 0 Å². The highest BCUT2D eigenvalue weighted by atomic mass is 16.5. The third kappa shape index (κ3) is 4.31. The Morgan fingerprint density at radius 2 is 1.38 bits per heavy atom. The molecule has 1 fully saturated rings. The monoisotopic (exact) mass is 454 g/mol. The second-order valence-electron chi connectivity index (χ2n) is 7.30. The summed E-state index contributed by atoms with van der Waals surface area (Å²) in [6, 6.07) is 21.3. The fraction of sp³-hybridized carbons (Fsp3) is 0.0741. The van der Waals surface area contributed by atoms with Gasteiger partial charge in [-0.1, -0.05) is 49.1 Å². The van der Waals surface area contributed by atoms with Gasteiger partial charge >= 0.3 is 6.03 Å². The van der Waals surface area contributed by atoms with Crippen molar-refractivity contribution >= 4 is 35.3 Å². The second-order valence-corrected chi connectivity index (χ2v) is 7.30. The van der Waals surface area contributed by atoms with E-state index in [1.807, 2.05) is 0 Å². The lowest BCUT2D eigenvalue weighted by Crippen LogP contribution is -2.57. The number of nitrogens with zero attached hydrogens (tertiary/aromatic N) is 2. The van der Waals surface area contributed by atoms with Crippen LogP contribution in [0.25, 0.3) is 6.08 Å². The first-order valence-electron chi connectivity index (χ1n) is 10.5. The van der Waals surface area contributed by atoms with Crippen LogP contribution < -0.4 is 19.3 Å². The average molecular weight is 454 g/mol. The molecule has 7 nitrogen and oxygen atoms in total. The number of hydrogen-bond donors (Lipinski definition) is 0. The van der Waals surface area contributed by atoms with Crippen LogP contribution >= 0.6 is 0 Å². The fourth-order valence-electron chi connectivity index (χ4n) is 3.53. The summed E-state index contributed by atoms with van der Waals surface area (Å²) in [4.78, 5) is 42.3. The van der Waals surface area contributed by atoms with Gasteiger partial charge in [-0.3, -0.25) is 9.59 Å². The summed E-state index contributed by atoms with van der Waals surface area (Å²) in [5.41, 5.74) is 1.01. The maximum atomic E-state index is 13.5. The molecule has 0 bridgehead atoms. The SMILES string of the molecule is C=CCOc1cc(OC)ccc1C=C1C(=O)N(c2ccccc2)C(=O)N(c2ccccc2)C1=O. The van der Waals surface area contributed by atoms with Crippen LogP contribution in [0.4, 0.5) is 16.2 Å². The van der Waals surface area contributed by atoms with Crippen molar-refractivity contribution in [1.82, 2.24) is 0 Å². The van der Waals surface area contributed by atoms with E-state index in [0.29, 0.717) is 28.4 Å². The molecule has 3 aromatic carbocycles. The Bertz CT molecular complexity index is 1210. The maximum Gasteiger partial charge on any atom is 0.343 e. The molecular weight excluding hydrogens is 432 g/mol. The normalized spacial score (nSPS) is 13.7. The average Bonchev–Trinajstić information content (AvgIpc) is 2.87. The first kappa shape index (κ1) is 22.5. The van der Waals surface area contributed by atoms with Crippen molar-refractivity contribution in [3.63, 3.8) is 0 Å². The number of para-hydroxylation sites is 2. The van der Waals surface area contributed by atoms with Crippen molar-refractivity contribution in [3.8, 4) is 11.5 Å². The van der Waals surface area contributed by atoms with Gasteiger partial charge in [-0.25, -0.2) is 14.6 Å². The van der Waals surface area contributed by atoms with Gasteiger partial charge in [0.1, 0.15) is 23.7 Å². The van der Waals surface area contributed by atoms with Gasteiger partial charge in [0.05, 0.1) is 18.5 Å². The third-order valence-electron chi connectivity index (χ3n) is 5.16. The van der Waals surface area contributed by atoms with E-state index in [9.17, 15) is 14.4 Å². The molecule has 0 saturated carbocycles. The zero-order chi connectivity index (χ0) is 24.1. The minimum absolute atomic E-state index is 0.180. The van der Waals surface area contributed by atoms with E-state index in [1.165, 1.54) is 13.2 Å². The molecule has 170 valence electrons. The molecule has 1 heterocycles. The summed E-state index contributed by atoms with van der Waals surface area (Å²) in [6.07, 6.45) is 3.01. The number of urea groups is 1. The zero-order valence-corrected chi connectivity index (χ0v) is 18.5. The van der Waals surface area contributed by atoms with Gasteiger partial charge in [0, 0.05) is 11.6 Å². The number of benzene rings is 3. The molecule has 7 heteroatoms. The number of rotatable bonds is 7. The van der Waals surface area contributed by atoms with Gasteiger partial charge in [-0.05, 0) is 42.5 Å². The minimum Gasteiger partial charge on any atom is -0.497 e. The van der Waals surface area contributed by atoms with E-state index >= 15 is 0 Å². The molecule has 0 spiro atoms. The van der Waals surface area contributed by atoms with E-state index < -0.39 is 17.8 Å². The Kier molecular flexibility index (Phi) is 6.54. The highest BCUT2D eigenvalue weighted by molar-refractivity contribution is 6.46. The molecule has 0 atom stereocenters. The first-order chi connectivity index (χ1) is 16.5. The second kappa shape index (κ2) is 9.87. The maximum absolute atomic E-state index is 13.5. The third-order valence-corrected chi connectivity index (χ3v) is 5.16. The number of carbonyl (C=O) groups excluding carboxylic acids is 3. The van der Waals surface area contributed by atoms with Crippen molar-refractivity contribution in [1.29, 1.82) is 0 Å². The zero-order valence-electron chi connectivity index (χ0n) is 18.5. The van der Waals surface area contributed by atoms with Crippen LogP contribution in [0.2, 0.25) is 0 Å². The summed E-state index contributed by atoms with van der Waals surface area (Å²) in [5.74, 6) is -0.492. The molecule has 34 heavy (non-hydrogen) atoms. The Morgan fingerprint density at radius 1 is 0.824 bits per heavy atom. The molecule has 0 N–H and O–H groups in total. The molecule has 0 radical (unpaired) electrons. The quantitative estimate of drug-likeness (QED) is 0.290. The van der Waals surface area contributed by atoms with Crippen LogP contribution in [0, 0.1) is 0 Å². The summed E-state index contributed by atoms with van der Waals surface area (Å²) < 4.78 is 11.0. The molecule has 0 unspecified atom stereocenters. The molecule has 0 aliphatic carbocycles. The Labute approximate surface area is 197 Å². The summed E-state index contributed by atoms with van der Waals surface area (Å²) >= 11 is 0. The molecular formula is C27H22N2O5. The Morgan fingerprint density at radius 3 is 1.88 bits per heavy atom. The van der Waals surface area contributed by atoms with Crippen LogP contribution in [-0.2, 0) is 9.59 Å². The fourth-order valence-corrected chi connectivity index (χ4v) is 3.53. The summed E-state index contributed by atoms with van der Waals surface area (Å²) in [6.45, 7) is 3.87. The molecule has 1 saturated heterocycles. The van der Waals surface area contributed by atoms with Crippen LogP contribution in [0.1, 0.15) is 5.56 Å². The molecule has 1 aliphatic rings. The lowest BCUT2D eigenvalue weighted by atomic mass is 10.0. The molecule has 0 aromatic heterocycles. The molecule has 4 rings (SSSR count). The van der Waals surface area contributed by atoms with Gasteiger partial charge in [-0.2, -0.15) is 0 Å². The van der Waals surface area contributed by atoms with Crippen molar-refractivity contribution in [3.05, 3.63) is 103 Å². The van der Waals surface area contributed by atoms with Crippen molar-refractivity contribution < 1.29 is 23.9 Å². The number of ether oxygens (including phenoxy) is 2. The van der Waals surface area contributed by atoms with Crippen molar-refractivity contribution in [2.45, 2.75) is 0 Å². The van der Waals surface area contributed by atoms with Gasteiger partial charge in [0.2, 0.25) is 0 Å². The van der Waals surface area contributed by atoms with Crippen LogP contribution in [0.5, 0.6) is 11.5 Å². The summed E-state index contributed by atoms with van der Waals surface area (Å²) in [7, 11) is 1.53. The minimum atomic E-state index is -0.748. The topological polar surface area (TPSA) is 76.2 Å². The first-order valence-corrected chi connectivity index (χ1v) is 10.5. The van der Waals surface area contributed by atoms with E-state index in [4.69, 9.17) is 9.47 Å². The number of carbonyl (C=O) groups is 3. The van der Waals surface area contributed by atoms with E-state index in [0.717, 1.165) is 9.80 Å². The number of hydrogen-bond acceptors (Lipinski definition) is 5. The standard InChI is InChI=1S/C27H22N2O5/c1-3-16-34-24-18-22(33-2)15-14-19(24)17-23-25(30)28(20-10-6-4-7-11-20)27(32)29(26(23)31)21-12-8-5-9-13-21/h3-15,17-18H,1,16H2,2H3. The van der Waals surface area contributed by atoms with Crippen molar-refractivity contribution in [2.24, 2.45) is 0 Å². The van der Waals surface area contributed by atoms with E-state index in [-0.39, 0.29) is 12.2 Å². The number of imide groups is 2. The van der Waals surface area contributed by atoms with E-state index in [1.54, 1.807) is 84.9 Å². The largest absolute Gasteiger partial charge is 0.497 e. The predicted octanol–water partition coefficient (Wildman–Crippen LogP) is 4.84. The lowest BCUT2D eigenvalue weighted by molar-refractivity contribution is -0.121. The van der Waals surface area contributed by atoms with Gasteiger partial charge < -0.3 is 9.47 Å². The van der Waals surface area contributed by atoms with Crippen LogP contribution in [-0.4, -0.2) is 31.6 Å². The van der Waals surface area contributed by atoms with Crippen LogP contribution in [0.15, 0.2) is 97.1 Å². The van der Waals surface area contributed by atoms with Gasteiger partial charge in [0.25, 0.3) is 11.8 Å². The number of methoxy groups -OCH3 is 1. The van der Waals surface area contributed by atoms with Crippen LogP contribution in [0.3, 0.4) is 0 Å². The Hall–Kier alpha value is -4.65. The molecule has 3 aromatic rings. The highest BCUT2D eigenvalue weighted by Crippen LogP contribution is 2.32. The summed E-state index contributed by atoms with van der Waals surface area (Å²) in [5, 5.41) is 0. The molecule has 4 amide bonds. The Balaban J connectivity index is 1.86. The van der Waals surface area contributed by atoms with Gasteiger partial charge in [0.15, 0.2) is 0 Å². The predicted molar refractivity (Wildman–Crippen MR) is 130 cm³/mol. The molecule has 1 aliphatic heterocycles. The number of barbiturate groups is 1.